The van der Waals surface area contributed by atoms with Crippen molar-refractivity contribution in [1.29, 1.82) is 0 Å². The van der Waals surface area contributed by atoms with Gasteiger partial charge in [0.05, 0.1) is 28.0 Å². The van der Waals surface area contributed by atoms with E-state index in [0.29, 0.717) is 11.4 Å². The van der Waals surface area contributed by atoms with Gasteiger partial charge in [-0.1, -0.05) is 11.6 Å². The minimum atomic E-state index is -4.53. The molecule has 2 heterocycles. The van der Waals surface area contributed by atoms with E-state index in [2.05, 4.69) is 9.97 Å². The van der Waals surface area contributed by atoms with Crippen molar-refractivity contribution in [3.05, 3.63) is 63.3 Å². The Morgan fingerprint density at radius 3 is 2.61 bits per heavy atom. The summed E-state index contributed by atoms with van der Waals surface area (Å²) in [4.78, 5) is 20.3. The summed E-state index contributed by atoms with van der Waals surface area (Å²) in [5, 5.41) is -0.319. The molecule has 3 aromatic rings. The summed E-state index contributed by atoms with van der Waals surface area (Å²) in [6.07, 6.45) is -3.01. The fourth-order valence-corrected chi connectivity index (χ4v) is 2.46. The van der Waals surface area contributed by atoms with Crippen molar-refractivity contribution in [3.8, 4) is 5.69 Å². The number of benzene rings is 1. The fourth-order valence-electron chi connectivity index (χ4n) is 2.28. The SMILES string of the molecule is Cc1ncccc1-n1c(=O)c(Cl)nc2ccc(C(F)(F)F)cc21. The summed E-state index contributed by atoms with van der Waals surface area (Å²) in [5.41, 5.74) is -0.531. The lowest BCUT2D eigenvalue weighted by Crippen LogP contribution is -2.22. The number of halogens is 4. The number of aryl methyl sites for hydroxylation is 1. The number of aromatic nitrogens is 3. The number of nitrogens with zero attached hydrogens (tertiary/aromatic N) is 3. The summed E-state index contributed by atoms with van der Waals surface area (Å²) in [7, 11) is 0. The lowest BCUT2D eigenvalue weighted by molar-refractivity contribution is -0.137. The number of pyridine rings is 1. The van der Waals surface area contributed by atoms with Crippen molar-refractivity contribution in [3.63, 3.8) is 0 Å². The molecule has 0 fully saturated rings. The Morgan fingerprint density at radius 2 is 1.96 bits per heavy atom. The van der Waals surface area contributed by atoms with Crippen LogP contribution in [0.15, 0.2) is 41.3 Å². The van der Waals surface area contributed by atoms with E-state index in [1.807, 2.05) is 0 Å². The van der Waals surface area contributed by atoms with Gasteiger partial charge in [0.2, 0.25) is 0 Å². The zero-order valence-corrected chi connectivity index (χ0v) is 12.5. The van der Waals surface area contributed by atoms with Crippen LogP contribution in [0.4, 0.5) is 13.2 Å². The minimum absolute atomic E-state index is 0.0188. The molecule has 0 aliphatic rings. The number of fused-ring (bicyclic) bond motifs is 1. The molecule has 0 aliphatic carbocycles. The van der Waals surface area contributed by atoms with Crippen LogP contribution in [-0.4, -0.2) is 14.5 Å². The highest BCUT2D eigenvalue weighted by Gasteiger charge is 2.31. The van der Waals surface area contributed by atoms with E-state index in [1.54, 1.807) is 19.1 Å². The molecule has 1 aromatic carbocycles. The van der Waals surface area contributed by atoms with Gasteiger partial charge in [-0.15, -0.1) is 0 Å². The number of hydrogen-bond acceptors (Lipinski definition) is 3. The molecule has 0 bridgehead atoms. The molecule has 2 aromatic heterocycles. The van der Waals surface area contributed by atoms with Gasteiger partial charge in [0.1, 0.15) is 0 Å². The van der Waals surface area contributed by atoms with Crippen LogP contribution in [0.2, 0.25) is 5.15 Å². The van der Waals surface area contributed by atoms with Gasteiger partial charge in [0, 0.05) is 6.20 Å². The number of alkyl halides is 3. The second-order valence-corrected chi connectivity index (χ2v) is 5.21. The molecule has 4 nitrogen and oxygen atoms in total. The van der Waals surface area contributed by atoms with Crippen LogP contribution >= 0.6 is 11.6 Å². The lowest BCUT2D eigenvalue weighted by Gasteiger charge is -2.14. The van der Waals surface area contributed by atoms with E-state index in [-0.39, 0.29) is 16.2 Å². The Morgan fingerprint density at radius 1 is 1.22 bits per heavy atom. The van der Waals surface area contributed by atoms with Gasteiger partial charge in [-0.2, -0.15) is 13.2 Å². The van der Waals surface area contributed by atoms with Crippen molar-refractivity contribution in [2.24, 2.45) is 0 Å². The maximum atomic E-state index is 13.0. The molecule has 0 radical (unpaired) electrons. The Bertz CT molecular complexity index is 966. The maximum absolute atomic E-state index is 13.0. The highest BCUT2D eigenvalue weighted by atomic mass is 35.5. The van der Waals surface area contributed by atoms with Crippen LogP contribution in [0.1, 0.15) is 11.3 Å². The van der Waals surface area contributed by atoms with Gasteiger partial charge < -0.3 is 0 Å². The quantitative estimate of drug-likeness (QED) is 0.678. The van der Waals surface area contributed by atoms with E-state index < -0.39 is 17.3 Å². The van der Waals surface area contributed by atoms with Crippen molar-refractivity contribution < 1.29 is 13.2 Å². The Labute approximate surface area is 133 Å². The minimum Gasteiger partial charge on any atom is -0.271 e. The van der Waals surface area contributed by atoms with E-state index in [0.717, 1.165) is 16.7 Å². The van der Waals surface area contributed by atoms with Crippen molar-refractivity contribution in [2.45, 2.75) is 13.1 Å². The zero-order chi connectivity index (χ0) is 16.8. The predicted octanol–water partition coefficient (Wildman–Crippen LogP) is 3.76. The van der Waals surface area contributed by atoms with Gasteiger partial charge in [0.15, 0.2) is 5.15 Å². The zero-order valence-electron chi connectivity index (χ0n) is 11.7. The third-order valence-electron chi connectivity index (χ3n) is 3.36. The molecule has 0 unspecified atom stereocenters. The van der Waals surface area contributed by atoms with Gasteiger partial charge >= 0.3 is 6.18 Å². The fraction of sp³-hybridized carbons (Fsp3) is 0.133. The topological polar surface area (TPSA) is 47.8 Å². The third kappa shape index (κ3) is 2.68. The van der Waals surface area contributed by atoms with Crippen LogP contribution in [0.25, 0.3) is 16.7 Å². The third-order valence-corrected chi connectivity index (χ3v) is 3.61. The molecule has 0 atom stereocenters. The molecule has 0 saturated carbocycles. The molecule has 0 spiro atoms. The van der Waals surface area contributed by atoms with Crippen molar-refractivity contribution >= 4 is 22.6 Å². The molecule has 0 aliphatic heterocycles. The standard InChI is InChI=1S/C15H9ClF3N3O/c1-8-11(3-2-6-20-8)22-12-7-9(15(17,18)19)4-5-10(12)21-13(16)14(22)23/h2-7H,1H3. The van der Waals surface area contributed by atoms with E-state index >= 15 is 0 Å². The Kier molecular flexibility index (Phi) is 3.60. The molecule has 0 N–H and O–H groups in total. The molecular weight excluding hydrogens is 331 g/mol. The summed E-state index contributed by atoms with van der Waals surface area (Å²) in [5.74, 6) is 0. The van der Waals surface area contributed by atoms with Crippen LogP contribution in [0.3, 0.4) is 0 Å². The molecule has 3 rings (SSSR count). The predicted molar refractivity (Wildman–Crippen MR) is 79.9 cm³/mol. The summed E-state index contributed by atoms with van der Waals surface area (Å²) in [6, 6.07) is 6.14. The van der Waals surface area contributed by atoms with E-state index in [1.165, 1.54) is 12.3 Å². The second kappa shape index (κ2) is 5.34. The first-order valence-corrected chi connectivity index (χ1v) is 6.88. The summed E-state index contributed by atoms with van der Waals surface area (Å²) < 4.78 is 40.0. The average molecular weight is 340 g/mol. The average Bonchev–Trinajstić information content (AvgIpc) is 2.48. The smallest absolute Gasteiger partial charge is 0.271 e. The Hall–Kier alpha value is -2.41. The normalized spacial score (nSPS) is 11.9. The molecule has 118 valence electrons. The number of rotatable bonds is 1. The Balaban J connectivity index is 2.45. The van der Waals surface area contributed by atoms with E-state index in [9.17, 15) is 18.0 Å². The van der Waals surface area contributed by atoms with E-state index in [4.69, 9.17) is 11.6 Å². The first-order chi connectivity index (χ1) is 10.8. The summed E-state index contributed by atoms with van der Waals surface area (Å²) in [6.45, 7) is 1.65. The first kappa shape index (κ1) is 15.5. The molecule has 23 heavy (non-hydrogen) atoms. The van der Waals surface area contributed by atoms with Crippen molar-refractivity contribution in [2.75, 3.05) is 0 Å². The largest absolute Gasteiger partial charge is 0.416 e. The number of hydrogen-bond donors (Lipinski definition) is 0. The summed E-state index contributed by atoms with van der Waals surface area (Å²) >= 11 is 5.84. The molecule has 0 saturated heterocycles. The van der Waals surface area contributed by atoms with Gasteiger partial charge in [-0.05, 0) is 37.3 Å². The lowest BCUT2D eigenvalue weighted by atomic mass is 10.1. The highest BCUT2D eigenvalue weighted by Crippen LogP contribution is 2.31. The molecule has 8 heteroatoms. The first-order valence-electron chi connectivity index (χ1n) is 6.50. The van der Waals surface area contributed by atoms with Gasteiger partial charge in [-0.3, -0.25) is 14.3 Å². The maximum Gasteiger partial charge on any atom is 0.416 e. The van der Waals surface area contributed by atoms with Crippen LogP contribution < -0.4 is 5.56 Å². The monoisotopic (exact) mass is 339 g/mol. The highest BCUT2D eigenvalue weighted by molar-refractivity contribution is 6.29. The van der Waals surface area contributed by atoms with Gasteiger partial charge in [0.25, 0.3) is 5.56 Å². The van der Waals surface area contributed by atoms with Crippen LogP contribution in [0.5, 0.6) is 0 Å². The van der Waals surface area contributed by atoms with Crippen LogP contribution in [-0.2, 0) is 6.18 Å². The van der Waals surface area contributed by atoms with Crippen LogP contribution in [0, 0.1) is 6.92 Å². The van der Waals surface area contributed by atoms with Gasteiger partial charge in [-0.25, -0.2) is 4.98 Å². The molecule has 0 amide bonds. The molecular formula is C15H9ClF3N3O. The van der Waals surface area contributed by atoms with Crippen molar-refractivity contribution in [1.82, 2.24) is 14.5 Å². The second-order valence-electron chi connectivity index (χ2n) is 4.85.